The monoisotopic (exact) mass is 422 g/mol. The number of sulfonamides is 1. The summed E-state index contributed by atoms with van der Waals surface area (Å²) in [6, 6.07) is 12.2. The Morgan fingerprint density at radius 3 is 2.48 bits per heavy atom. The first-order valence-electron chi connectivity index (χ1n) is 7.90. The summed E-state index contributed by atoms with van der Waals surface area (Å²) in [5.41, 5.74) is 1.35. The molecule has 7 heteroatoms. The molecule has 25 heavy (non-hydrogen) atoms. The lowest BCUT2D eigenvalue weighted by Crippen LogP contribution is -2.41. The van der Waals surface area contributed by atoms with Crippen molar-refractivity contribution in [3.63, 3.8) is 0 Å². The molecular weight excluding hydrogens is 404 g/mol. The van der Waals surface area contributed by atoms with E-state index in [1.54, 1.807) is 26.0 Å². The van der Waals surface area contributed by atoms with Crippen LogP contribution < -0.4 is 10.0 Å². The zero-order chi connectivity index (χ0) is 18.2. The van der Waals surface area contributed by atoms with Crippen LogP contribution in [0, 0.1) is 0 Å². The van der Waals surface area contributed by atoms with Crippen LogP contribution in [0.1, 0.15) is 35.3 Å². The minimum Gasteiger partial charge on any atom is -0.352 e. The second-order valence-corrected chi connectivity index (χ2v) is 9.16. The van der Waals surface area contributed by atoms with Crippen LogP contribution in [0.5, 0.6) is 0 Å². The molecule has 0 spiro atoms. The van der Waals surface area contributed by atoms with Crippen LogP contribution in [0.3, 0.4) is 0 Å². The van der Waals surface area contributed by atoms with Crippen LogP contribution >= 0.6 is 15.9 Å². The van der Waals surface area contributed by atoms with Gasteiger partial charge in [-0.2, -0.15) is 0 Å². The Labute approximate surface area is 156 Å². The van der Waals surface area contributed by atoms with Gasteiger partial charge in [-0.15, -0.1) is 0 Å². The molecule has 1 aliphatic heterocycles. The lowest BCUT2D eigenvalue weighted by molar-refractivity contribution is 0.0945. The SMILES string of the molecule is CC(C)(NS(=O)(=O)c1ccc2c(c1)C(=O)NCC2)c1ccc(Br)cc1. The number of rotatable bonds is 4. The molecule has 0 aromatic heterocycles. The van der Waals surface area contributed by atoms with Gasteiger partial charge in [0.05, 0.1) is 10.4 Å². The van der Waals surface area contributed by atoms with Gasteiger partial charge >= 0.3 is 0 Å². The van der Waals surface area contributed by atoms with Gasteiger partial charge in [-0.3, -0.25) is 4.79 Å². The molecule has 132 valence electrons. The Bertz CT molecular complexity index is 922. The third-order valence-corrected chi connectivity index (χ3v) is 6.45. The molecule has 0 atom stereocenters. The number of carbonyl (C=O) groups excluding carboxylic acids is 1. The summed E-state index contributed by atoms with van der Waals surface area (Å²) >= 11 is 3.37. The average Bonchev–Trinajstić information content (AvgIpc) is 2.54. The molecule has 0 fully saturated rings. The summed E-state index contributed by atoms with van der Waals surface area (Å²) in [5.74, 6) is -0.231. The van der Waals surface area contributed by atoms with Crippen molar-refractivity contribution < 1.29 is 13.2 Å². The zero-order valence-electron chi connectivity index (χ0n) is 14.0. The molecule has 0 radical (unpaired) electrons. The second kappa shape index (κ2) is 6.55. The van der Waals surface area contributed by atoms with Gasteiger partial charge < -0.3 is 5.32 Å². The van der Waals surface area contributed by atoms with E-state index >= 15 is 0 Å². The Kier molecular flexibility index (Phi) is 4.74. The van der Waals surface area contributed by atoms with Crippen molar-refractivity contribution in [2.45, 2.75) is 30.7 Å². The average molecular weight is 423 g/mol. The third-order valence-electron chi connectivity index (χ3n) is 4.27. The minimum atomic E-state index is -3.77. The fourth-order valence-corrected chi connectivity index (χ4v) is 4.57. The number of amides is 1. The van der Waals surface area contributed by atoms with Crippen LogP contribution in [0.15, 0.2) is 51.8 Å². The Morgan fingerprint density at radius 2 is 1.80 bits per heavy atom. The van der Waals surface area contributed by atoms with E-state index in [0.29, 0.717) is 18.5 Å². The molecule has 1 amide bonds. The van der Waals surface area contributed by atoms with E-state index in [1.807, 2.05) is 24.3 Å². The molecular formula is C18H19BrN2O3S. The largest absolute Gasteiger partial charge is 0.352 e. The van der Waals surface area contributed by atoms with Crippen molar-refractivity contribution in [3.8, 4) is 0 Å². The molecule has 5 nitrogen and oxygen atoms in total. The zero-order valence-corrected chi connectivity index (χ0v) is 16.4. The van der Waals surface area contributed by atoms with Gasteiger partial charge in [-0.1, -0.05) is 34.1 Å². The number of fused-ring (bicyclic) bond motifs is 1. The van der Waals surface area contributed by atoms with Gasteiger partial charge in [0.1, 0.15) is 0 Å². The van der Waals surface area contributed by atoms with Crippen molar-refractivity contribution in [2.24, 2.45) is 0 Å². The van der Waals surface area contributed by atoms with E-state index in [0.717, 1.165) is 15.6 Å². The molecule has 3 rings (SSSR count). The van der Waals surface area contributed by atoms with Crippen molar-refractivity contribution in [1.82, 2.24) is 10.0 Å². The second-order valence-electron chi connectivity index (χ2n) is 6.56. The van der Waals surface area contributed by atoms with Gasteiger partial charge in [0.25, 0.3) is 5.91 Å². The summed E-state index contributed by atoms with van der Waals surface area (Å²) in [5, 5.41) is 2.74. The van der Waals surface area contributed by atoms with Crippen molar-refractivity contribution in [2.75, 3.05) is 6.54 Å². The Balaban J connectivity index is 1.93. The predicted molar refractivity (Wildman–Crippen MR) is 100.0 cm³/mol. The fourth-order valence-electron chi connectivity index (χ4n) is 2.88. The molecule has 0 unspecified atom stereocenters. The molecule has 0 saturated carbocycles. The first kappa shape index (κ1) is 18.1. The van der Waals surface area contributed by atoms with E-state index < -0.39 is 15.6 Å². The Hall–Kier alpha value is -1.70. The van der Waals surface area contributed by atoms with E-state index in [-0.39, 0.29) is 10.8 Å². The van der Waals surface area contributed by atoms with E-state index in [1.165, 1.54) is 6.07 Å². The predicted octanol–water partition coefficient (Wildman–Crippen LogP) is 2.95. The first-order valence-corrected chi connectivity index (χ1v) is 10.2. The van der Waals surface area contributed by atoms with E-state index in [2.05, 4.69) is 26.0 Å². The maximum absolute atomic E-state index is 12.8. The first-order chi connectivity index (χ1) is 11.7. The minimum absolute atomic E-state index is 0.0912. The van der Waals surface area contributed by atoms with Crippen LogP contribution in [0.25, 0.3) is 0 Å². The number of halogens is 1. The molecule has 1 heterocycles. The third kappa shape index (κ3) is 3.78. The number of benzene rings is 2. The summed E-state index contributed by atoms with van der Waals surface area (Å²) in [7, 11) is -3.77. The van der Waals surface area contributed by atoms with Crippen LogP contribution in [-0.4, -0.2) is 20.9 Å². The van der Waals surface area contributed by atoms with E-state index in [4.69, 9.17) is 0 Å². The highest BCUT2D eigenvalue weighted by molar-refractivity contribution is 9.10. The number of nitrogens with one attached hydrogen (secondary N) is 2. The van der Waals surface area contributed by atoms with Crippen LogP contribution in [0.4, 0.5) is 0 Å². The van der Waals surface area contributed by atoms with Gasteiger partial charge in [0, 0.05) is 16.6 Å². The summed E-state index contributed by atoms with van der Waals surface area (Å²) < 4.78 is 29.3. The van der Waals surface area contributed by atoms with Crippen LogP contribution in [-0.2, 0) is 22.0 Å². The topological polar surface area (TPSA) is 75.3 Å². The summed E-state index contributed by atoms with van der Waals surface area (Å²) in [6.45, 7) is 4.19. The lowest BCUT2D eigenvalue weighted by atomic mass is 9.96. The molecule has 1 aliphatic rings. The maximum Gasteiger partial charge on any atom is 0.251 e. The highest BCUT2D eigenvalue weighted by Crippen LogP contribution is 2.26. The normalized spacial score (nSPS) is 14.8. The van der Waals surface area contributed by atoms with Gasteiger partial charge in [-0.05, 0) is 55.7 Å². The standard InChI is InChI=1S/C18H19BrN2O3S/c1-18(2,13-4-6-14(19)7-5-13)21-25(23,24)15-8-3-12-9-10-20-17(22)16(12)11-15/h3-8,11,21H,9-10H2,1-2H3,(H,20,22). The molecule has 2 aromatic carbocycles. The summed E-state index contributed by atoms with van der Waals surface area (Å²) in [6.07, 6.45) is 0.708. The lowest BCUT2D eigenvalue weighted by Gasteiger charge is -2.27. The van der Waals surface area contributed by atoms with Gasteiger partial charge in [0.2, 0.25) is 10.0 Å². The van der Waals surface area contributed by atoms with Crippen molar-refractivity contribution in [1.29, 1.82) is 0 Å². The van der Waals surface area contributed by atoms with Gasteiger partial charge in [0.15, 0.2) is 0 Å². The van der Waals surface area contributed by atoms with Crippen molar-refractivity contribution >= 4 is 31.9 Å². The highest BCUT2D eigenvalue weighted by Gasteiger charge is 2.29. The molecule has 2 aromatic rings. The molecule has 0 saturated heterocycles. The number of carbonyl (C=O) groups is 1. The van der Waals surface area contributed by atoms with Gasteiger partial charge in [-0.25, -0.2) is 13.1 Å². The quantitative estimate of drug-likeness (QED) is 0.794. The molecule has 2 N–H and O–H groups in total. The highest BCUT2D eigenvalue weighted by atomic mass is 79.9. The maximum atomic E-state index is 12.8. The number of hydrogen-bond donors (Lipinski definition) is 2. The fraction of sp³-hybridized carbons (Fsp3) is 0.278. The summed E-state index contributed by atoms with van der Waals surface area (Å²) in [4.78, 5) is 12.1. The van der Waals surface area contributed by atoms with E-state index in [9.17, 15) is 13.2 Å². The van der Waals surface area contributed by atoms with Crippen LogP contribution in [0.2, 0.25) is 0 Å². The molecule has 0 aliphatic carbocycles. The number of hydrogen-bond acceptors (Lipinski definition) is 3. The Morgan fingerprint density at radius 1 is 1.12 bits per heavy atom. The molecule has 0 bridgehead atoms. The smallest absolute Gasteiger partial charge is 0.251 e. The van der Waals surface area contributed by atoms with Crippen molar-refractivity contribution in [3.05, 3.63) is 63.6 Å².